The van der Waals surface area contributed by atoms with Crippen LogP contribution in [0.5, 0.6) is 0 Å². The van der Waals surface area contributed by atoms with Gasteiger partial charge in [0, 0.05) is 23.9 Å². The smallest absolute Gasteiger partial charge is 0.223 e. The topological polar surface area (TPSA) is 44.9 Å². The monoisotopic (exact) mass is 236 g/mol. The third-order valence-electron chi connectivity index (χ3n) is 3.31. The van der Waals surface area contributed by atoms with Gasteiger partial charge in [-0.05, 0) is 44.7 Å². The molecule has 0 bridgehead atoms. The van der Waals surface area contributed by atoms with Crippen molar-refractivity contribution in [2.45, 2.75) is 47.0 Å². The minimum Gasteiger partial charge on any atom is -0.362 e. The molecule has 1 aromatic rings. The van der Waals surface area contributed by atoms with E-state index in [1.807, 2.05) is 0 Å². The van der Waals surface area contributed by atoms with E-state index in [0.717, 1.165) is 25.8 Å². The van der Waals surface area contributed by atoms with Crippen LogP contribution in [0.3, 0.4) is 0 Å². The summed E-state index contributed by atoms with van der Waals surface area (Å²) in [5.74, 6) is 0.365. The highest BCUT2D eigenvalue weighted by Crippen LogP contribution is 2.10. The molecule has 0 atom stereocenters. The number of rotatable bonds is 6. The van der Waals surface area contributed by atoms with Crippen molar-refractivity contribution in [1.29, 1.82) is 0 Å². The number of amides is 1. The van der Waals surface area contributed by atoms with Crippen molar-refractivity contribution in [3.05, 3.63) is 23.0 Å². The zero-order valence-electron chi connectivity index (χ0n) is 11.4. The van der Waals surface area contributed by atoms with E-state index in [4.69, 9.17) is 0 Å². The molecule has 1 rings (SSSR count). The lowest BCUT2D eigenvalue weighted by Gasteiger charge is -2.12. The molecule has 1 amide bonds. The number of nitrogens with one attached hydrogen (secondary N) is 2. The quantitative estimate of drug-likeness (QED) is 0.783. The summed E-state index contributed by atoms with van der Waals surface area (Å²) in [5.41, 5.74) is 3.69. The molecule has 96 valence electrons. The van der Waals surface area contributed by atoms with E-state index in [9.17, 15) is 4.79 Å². The number of aryl methyl sites for hydroxylation is 2. The first-order valence-electron chi connectivity index (χ1n) is 6.51. The lowest BCUT2D eigenvalue weighted by Crippen LogP contribution is -2.31. The van der Waals surface area contributed by atoms with Gasteiger partial charge in [0.05, 0.1) is 0 Å². The molecule has 1 aromatic heterocycles. The second-order valence-electron chi connectivity index (χ2n) is 4.66. The van der Waals surface area contributed by atoms with Gasteiger partial charge in [-0.1, -0.05) is 13.8 Å². The number of carbonyl (C=O) groups is 1. The molecule has 2 N–H and O–H groups in total. The van der Waals surface area contributed by atoms with E-state index < -0.39 is 0 Å². The van der Waals surface area contributed by atoms with Crippen molar-refractivity contribution in [2.75, 3.05) is 6.54 Å². The Bertz CT molecular complexity index is 364. The Balaban J connectivity index is 2.37. The lowest BCUT2D eigenvalue weighted by molar-refractivity contribution is -0.125. The Morgan fingerprint density at radius 3 is 2.47 bits per heavy atom. The van der Waals surface area contributed by atoms with E-state index in [0.29, 0.717) is 0 Å². The predicted molar refractivity (Wildman–Crippen MR) is 71.1 cm³/mol. The van der Waals surface area contributed by atoms with Crippen molar-refractivity contribution >= 4 is 5.91 Å². The van der Waals surface area contributed by atoms with Crippen LogP contribution in [-0.4, -0.2) is 17.4 Å². The second-order valence-corrected chi connectivity index (χ2v) is 4.66. The third kappa shape index (κ3) is 3.91. The van der Waals surface area contributed by atoms with Crippen LogP contribution in [0.25, 0.3) is 0 Å². The van der Waals surface area contributed by atoms with E-state index in [1.54, 1.807) is 0 Å². The van der Waals surface area contributed by atoms with Gasteiger partial charge in [-0.3, -0.25) is 4.79 Å². The summed E-state index contributed by atoms with van der Waals surface area (Å²) in [7, 11) is 0. The number of aromatic amines is 1. The van der Waals surface area contributed by atoms with E-state index >= 15 is 0 Å². The van der Waals surface area contributed by atoms with Gasteiger partial charge in [-0.15, -0.1) is 0 Å². The maximum atomic E-state index is 11.8. The summed E-state index contributed by atoms with van der Waals surface area (Å²) in [5, 5.41) is 3.02. The fraction of sp³-hybridized carbons (Fsp3) is 0.643. The van der Waals surface area contributed by atoms with Crippen molar-refractivity contribution in [3.8, 4) is 0 Å². The molecule has 0 radical (unpaired) electrons. The van der Waals surface area contributed by atoms with Crippen LogP contribution in [0.2, 0.25) is 0 Å². The minimum absolute atomic E-state index is 0.170. The number of aromatic nitrogens is 1. The molecule has 0 spiro atoms. The Kier molecular flexibility index (Phi) is 5.26. The second kappa shape index (κ2) is 6.48. The molecule has 1 heterocycles. The molecule has 0 unspecified atom stereocenters. The fourth-order valence-electron chi connectivity index (χ4n) is 2.17. The van der Waals surface area contributed by atoms with Gasteiger partial charge in [0.2, 0.25) is 5.91 Å². The molecule has 0 saturated heterocycles. The lowest BCUT2D eigenvalue weighted by atomic mass is 10.0. The highest BCUT2D eigenvalue weighted by molar-refractivity contribution is 5.78. The Morgan fingerprint density at radius 2 is 2.00 bits per heavy atom. The van der Waals surface area contributed by atoms with Gasteiger partial charge in [-0.25, -0.2) is 0 Å². The van der Waals surface area contributed by atoms with Crippen LogP contribution in [-0.2, 0) is 11.2 Å². The molecule has 17 heavy (non-hydrogen) atoms. The summed E-state index contributed by atoms with van der Waals surface area (Å²) >= 11 is 0. The third-order valence-corrected chi connectivity index (χ3v) is 3.31. The molecule has 3 nitrogen and oxygen atoms in total. The van der Waals surface area contributed by atoms with Crippen LogP contribution >= 0.6 is 0 Å². The summed E-state index contributed by atoms with van der Waals surface area (Å²) in [4.78, 5) is 15.0. The molecular formula is C14H24N2O. The van der Waals surface area contributed by atoms with Crippen LogP contribution in [0.4, 0.5) is 0 Å². The standard InChI is InChI=1S/C14H24N2O/c1-5-12(6-2)14(17)15-8-7-13-9-10(3)16-11(13)4/h9,12,16H,5-8H2,1-4H3,(H,15,17). The number of hydrogen-bond donors (Lipinski definition) is 2. The molecule has 3 heteroatoms. The average molecular weight is 236 g/mol. The highest BCUT2D eigenvalue weighted by Gasteiger charge is 2.13. The SMILES string of the molecule is CCC(CC)C(=O)NCCc1cc(C)[nH]c1C. The van der Waals surface area contributed by atoms with Crippen molar-refractivity contribution in [2.24, 2.45) is 5.92 Å². The van der Waals surface area contributed by atoms with Gasteiger partial charge in [0.25, 0.3) is 0 Å². The van der Waals surface area contributed by atoms with Crippen LogP contribution in [0.15, 0.2) is 6.07 Å². The molecule has 0 saturated carbocycles. The summed E-state index contributed by atoms with van der Waals surface area (Å²) < 4.78 is 0. The molecular weight excluding hydrogens is 212 g/mol. The maximum Gasteiger partial charge on any atom is 0.223 e. The van der Waals surface area contributed by atoms with Crippen LogP contribution in [0, 0.1) is 19.8 Å². The van der Waals surface area contributed by atoms with Gasteiger partial charge < -0.3 is 10.3 Å². The zero-order valence-corrected chi connectivity index (χ0v) is 11.4. The molecule has 0 aliphatic carbocycles. The molecule has 0 aromatic carbocycles. The summed E-state index contributed by atoms with van der Waals surface area (Å²) in [6, 6.07) is 2.15. The molecule has 0 aliphatic heterocycles. The predicted octanol–water partition coefficient (Wildman–Crippen LogP) is 2.73. The fourth-order valence-corrected chi connectivity index (χ4v) is 2.17. The molecule has 0 aliphatic rings. The van der Waals surface area contributed by atoms with Gasteiger partial charge in [0.15, 0.2) is 0 Å². The Labute approximate surface area is 104 Å². The van der Waals surface area contributed by atoms with Gasteiger partial charge in [0.1, 0.15) is 0 Å². The van der Waals surface area contributed by atoms with E-state index in [-0.39, 0.29) is 11.8 Å². The zero-order chi connectivity index (χ0) is 12.8. The van der Waals surface area contributed by atoms with Crippen molar-refractivity contribution < 1.29 is 4.79 Å². The van der Waals surface area contributed by atoms with Gasteiger partial charge in [-0.2, -0.15) is 0 Å². The largest absolute Gasteiger partial charge is 0.362 e. The van der Waals surface area contributed by atoms with Crippen LogP contribution in [0.1, 0.15) is 43.6 Å². The Morgan fingerprint density at radius 1 is 1.35 bits per heavy atom. The number of carbonyl (C=O) groups excluding carboxylic acids is 1. The highest BCUT2D eigenvalue weighted by atomic mass is 16.1. The number of H-pyrrole nitrogens is 1. The number of hydrogen-bond acceptors (Lipinski definition) is 1. The first-order valence-corrected chi connectivity index (χ1v) is 6.51. The first kappa shape index (κ1) is 13.8. The molecule has 0 fully saturated rings. The minimum atomic E-state index is 0.170. The van der Waals surface area contributed by atoms with E-state index in [2.05, 4.69) is 44.1 Å². The maximum absolute atomic E-state index is 11.8. The first-order chi connectivity index (χ1) is 8.08. The van der Waals surface area contributed by atoms with Gasteiger partial charge >= 0.3 is 0 Å². The summed E-state index contributed by atoms with van der Waals surface area (Å²) in [6.45, 7) is 8.98. The van der Waals surface area contributed by atoms with E-state index in [1.165, 1.54) is 17.0 Å². The Hall–Kier alpha value is -1.25. The summed E-state index contributed by atoms with van der Waals surface area (Å²) in [6.07, 6.45) is 2.75. The van der Waals surface area contributed by atoms with Crippen molar-refractivity contribution in [3.63, 3.8) is 0 Å². The van der Waals surface area contributed by atoms with Crippen LogP contribution < -0.4 is 5.32 Å². The normalized spacial score (nSPS) is 10.9. The average Bonchev–Trinajstić information content (AvgIpc) is 2.59. The van der Waals surface area contributed by atoms with Crippen molar-refractivity contribution in [1.82, 2.24) is 10.3 Å².